The van der Waals surface area contributed by atoms with Crippen molar-refractivity contribution in [1.29, 1.82) is 0 Å². The fourth-order valence-electron chi connectivity index (χ4n) is 4.00. The average Bonchev–Trinajstić information content (AvgIpc) is 2.90. The fraction of sp³-hybridized carbons (Fsp3) is 0.950. The SMILES string of the molecule is CN=C(NCCOC1CCCCCC1)NCC1CCCN(C(C)C)C1. The van der Waals surface area contributed by atoms with Crippen molar-refractivity contribution in [3.05, 3.63) is 0 Å². The van der Waals surface area contributed by atoms with Gasteiger partial charge in [0.05, 0.1) is 12.7 Å². The number of hydrogen-bond donors (Lipinski definition) is 2. The van der Waals surface area contributed by atoms with Crippen LogP contribution in [0.5, 0.6) is 0 Å². The lowest BCUT2D eigenvalue weighted by Crippen LogP contribution is -2.46. The largest absolute Gasteiger partial charge is 0.376 e. The molecule has 146 valence electrons. The summed E-state index contributed by atoms with van der Waals surface area (Å²) in [6.07, 6.45) is 11.0. The van der Waals surface area contributed by atoms with Crippen LogP contribution < -0.4 is 10.6 Å². The molecule has 0 aromatic rings. The zero-order valence-electron chi connectivity index (χ0n) is 16.7. The van der Waals surface area contributed by atoms with E-state index in [0.29, 0.717) is 12.1 Å². The third-order valence-corrected chi connectivity index (χ3v) is 5.61. The van der Waals surface area contributed by atoms with E-state index in [1.807, 2.05) is 7.05 Å². The summed E-state index contributed by atoms with van der Waals surface area (Å²) in [5.74, 6) is 1.63. The molecule has 0 aromatic carbocycles. The summed E-state index contributed by atoms with van der Waals surface area (Å²) in [6.45, 7) is 9.66. The second-order valence-electron chi connectivity index (χ2n) is 7.96. The molecule has 5 heteroatoms. The van der Waals surface area contributed by atoms with Crippen molar-refractivity contribution in [3.63, 3.8) is 0 Å². The highest BCUT2D eigenvalue weighted by Gasteiger charge is 2.21. The fourth-order valence-corrected chi connectivity index (χ4v) is 4.00. The van der Waals surface area contributed by atoms with Gasteiger partial charge in [-0.05, 0) is 52.0 Å². The monoisotopic (exact) mass is 352 g/mol. The molecule has 1 heterocycles. The van der Waals surface area contributed by atoms with E-state index < -0.39 is 0 Å². The lowest BCUT2D eigenvalue weighted by Gasteiger charge is -2.35. The Hall–Kier alpha value is -0.810. The molecule has 2 rings (SSSR count). The Morgan fingerprint density at radius 2 is 1.84 bits per heavy atom. The molecule has 0 aromatic heterocycles. The van der Waals surface area contributed by atoms with Crippen LogP contribution in [0, 0.1) is 5.92 Å². The molecule has 2 aliphatic rings. The van der Waals surface area contributed by atoms with Crippen molar-refractivity contribution in [3.8, 4) is 0 Å². The smallest absolute Gasteiger partial charge is 0.191 e. The topological polar surface area (TPSA) is 48.9 Å². The van der Waals surface area contributed by atoms with Gasteiger partial charge in [0.25, 0.3) is 0 Å². The maximum Gasteiger partial charge on any atom is 0.191 e. The molecule has 0 spiro atoms. The minimum absolute atomic E-state index is 0.475. The van der Waals surface area contributed by atoms with Gasteiger partial charge in [0, 0.05) is 32.7 Å². The van der Waals surface area contributed by atoms with Crippen LogP contribution in [0.4, 0.5) is 0 Å². The van der Waals surface area contributed by atoms with E-state index in [4.69, 9.17) is 4.74 Å². The Labute approximate surface area is 155 Å². The Morgan fingerprint density at radius 1 is 1.08 bits per heavy atom. The van der Waals surface area contributed by atoms with Crippen molar-refractivity contribution in [2.75, 3.05) is 39.8 Å². The number of hydrogen-bond acceptors (Lipinski definition) is 3. The summed E-state index contributed by atoms with van der Waals surface area (Å²) < 4.78 is 6.04. The third kappa shape index (κ3) is 7.95. The van der Waals surface area contributed by atoms with E-state index in [-0.39, 0.29) is 0 Å². The molecule has 1 saturated carbocycles. The summed E-state index contributed by atoms with van der Waals surface area (Å²) in [6, 6.07) is 0.654. The van der Waals surface area contributed by atoms with Crippen molar-refractivity contribution < 1.29 is 4.74 Å². The molecule has 1 aliphatic heterocycles. The Kier molecular flexibility index (Phi) is 9.63. The van der Waals surface area contributed by atoms with Gasteiger partial charge in [0.15, 0.2) is 5.96 Å². The predicted octanol–water partition coefficient (Wildman–Crippen LogP) is 3.01. The summed E-state index contributed by atoms with van der Waals surface area (Å²) >= 11 is 0. The lowest BCUT2D eigenvalue weighted by molar-refractivity contribution is 0.0468. The number of nitrogens with one attached hydrogen (secondary N) is 2. The van der Waals surface area contributed by atoms with E-state index in [0.717, 1.165) is 31.6 Å². The van der Waals surface area contributed by atoms with E-state index >= 15 is 0 Å². The van der Waals surface area contributed by atoms with Crippen molar-refractivity contribution in [2.24, 2.45) is 10.9 Å². The quantitative estimate of drug-likeness (QED) is 0.320. The van der Waals surface area contributed by atoms with Crippen LogP contribution in [0.3, 0.4) is 0 Å². The van der Waals surface area contributed by atoms with Crippen LogP contribution in [0.2, 0.25) is 0 Å². The first-order valence-electron chi connectivity index (χ1n) is 10.5. The summed E-state index contributed by atoms with van der Waals surface area (Å²) in [5, 5.41) is 6.90. The molecule has 25 heavy (non-hydrogen) atoms. The molecule has 0 amide bonds. The third-order valence-electron chi connectivity index (χ3n) is 5.61. The van der Waals surface area contributed by atoms with Gasteiger partial charge in [0.2, 0.25) is 0 Å². The molecule has 1 aliphatic carbocycles. The lowest BCUT2D eigenvalue weighted by atomic mass is 9.97. The highest BCUT2D eigenvalue weighted by atomic mass is 16.5. The molecule has 1 unspecified atom stereocenters. The van der Waals surface area contributed by atoms with Crippen molar-refractivity contribution in [1.82, 2.24) is 15.5 Å². The second-order valence-corrected chi connectivity index (χ2v) is 7.96. The molecule has 0 radical (unpaired) electrons. The maximum atomic E-state index is 6.04. The summed E-state index contributed by atoms with van der Waals surface area (Å²) in [5.41, 5.74) is 0. The van der Waals surface area contributed by atoms with Crippen LogP contribution in [0.25, 0.3) is 0 Å². The van der Waals surface area contributed by atoms with Gasteiger partial charge in [-0.15, -0.1) is 0 Å². The average molecular weight is 353 g/mol. The van der Waals surface area contributed by atoms with Crippen LogP contribution >= 0.6 is 0 Å². The van der Waals surface area contributed by atoms with Crippen molar-refractivity contribution in [2.45, 2.75) is 77.4 Å². The number of aliphatic imine (C=N–C) groups is 1. The van der Waals surface area contributed by atoms with Crippen LogP contribution in [-0.4, -0.2) is 62.8 Å². The molecule has 1 saturated heterocycles. The number of likely N-dealkylation sites (tertiary alicyclic amines) is 1. The highest BCUT2D eigenvalue weighted by Crippen LogP contribution is 2.19. The van der Waals surface area contributed by atoms with Gasteiger partial charge in [-0.1, -0.05) is 25.7 Å². The predicted molar refractivity (Wildman–Crippen MR) is 106 cm³/mol. The van der Waals surface area contributed by atoms with Crippen LogP contribution in [-0.2, 0) is 4.74 Å². The maximum absolute atomic E-state index is 6.04. The summed E-state index contributed by atoms with van der Waals surface area (Å²) in [4.78, 5) is 6.94. The van der Waals surface area contributed by atoms with Crippen LogP contribution in [0.1, 0.15) is 65.2 Å². The van der Waals surface area contributed by atoms with Gasteiger partial charge >= 0.3 is 0 Å². The minimum atomic E-state index is 0.475. The first-order chi connectivity index (χ1) is 12.2. The Bertz CT molecular complexity index is 378. The van der Waals surface area contributed by atoms with Crippen molar-refractivity contribution >= 4 is 5.96 Å². The van der Waals surface area contributed by atoms with Gasteiger partial charge in [-0.2, -0.15) is 0 Å². The van der Waals surface area contributed by atoms with Gasteiger partial charge in [-0.3, -0.25) is 4.99 Å². The number of piperidine rings is 1. The molecular formula is C20H40N4O. The molecule has 5 nitrogen and oxygen atoms in total. The van der Waals surface area contributed by atoms with E-state index in [9.17, 15) is 0 Å². The number of rotatable bonds is 7. The Morgan fingerprint density at radius 3 is 2.52 bits per heavy atom. The standard InChI is InChI=1S/C20H40N4O/c1-17(2)24-13-8-9-18(16-24)15-23-20(21-3)22-12-14-25-19-10-6-4-5-7-11-19/h17-19H,4-16H2,1-3H3,(H2,21,22,23). The summed E-state index contributed by atoms with van der Waals surface area (Å²) in [7, 11) is 1.85. The van der Waals surface area contributed by atoms with Gasteiger partial charge in [0.1, 0.15) is 0 Å². The molecule has 1 atom stereocenters. The van der Waals surface area contributed by atoms with E-state index in [1.54, 1.807) is 0 Å². The van der Waals surface area contributed by atoms with Crippen LogP contribution in [0.15, 0.2) is 4.99 Å². The molecule has 2 fully saturated rings. The Balaban J connectivity index is 1.58. The normalized spacial score (nSPS) is 24.3. The molecule has 0 bridgehead atoms. The second kappa shape index (κ2) is 11.7. The zero-order chi connectivity index (χ0) is 17.9. The van der Waals surface area contributed by atoms with Gasteiger partial charge in [-0.25, -0.2) is 0 Å². The minimum Gasteiger partial charge on any atom is -0.376 e. The van der Waals surface area contributed by atoms with E-state index in [1.165, 1.54) is 64.5 Å². The number of nitrogens with zero attached hydrogens (tertiary/aromatic N) is 2. The first-order valence-corrected chi connectivity index (χ1v) is 10.5. The first kappa shape index (κ1) is 20.5. The van der Waals surface area contributed by atoms with Gasteiger partial charge < -0.3 is 20.3 Å². The zero-order valence-corrected chi connectivity index (χ0v) is 16.7. The molecule has 2 N–H and O–H groups in total. The molecular weight excluding hydrogens is 312 g/mol. The van der Waals surface area contributed by atoms with E-state index in [2.05, 4.69) is 34.4 Å². The number of guanidine groups is 1. The highest BCUT2D eigenvalue weighted by molar-refractivity contribution is 5.79. The number of ether oxygens (including phenoxy) is 1.